The van der Waals surface area contributed by atoms with Crippen LogP contribution in [0.1, 0.15) is 10.4 Å². The lowest BCUT2D eigenvalue weighted by Crippen LogP contribution is -2.29. The van der Waals surface area contributed by atoms with Crippen molar-refractivity contribution in [3.05, 3.63) is 66.5 Å². The van der Waals surface area contributed by atoms with Crippen LogP contribution < -0.4 is 20.9 Å². The predicted octanol–water partition coefficient (Wildman–Crippen LogP) is 2.52. The number of hydrogen-bond acceptors (Lipinski definition) is 7. The maximum Gasteiger partial charge on any atom is 0.251 e. The first-order valence-electron chi connectivity index (χ1n) is 8.92. The average molecular weight is 377 g/mol. The number of pyridine rings is 1. The second-order valence-electron chi connectivity index (χ2n) is 6.29. The molecule has 0 saturated heterocycles. The Labute approximate surface area is 164 Å². The van der Waals surface area contributed by atoms with Crippen molar-refractivity contribution in [1.82, 2.24) is 20.5 Å². The topological polar surface area (TPSA) is 95.1 Å². The Balaban J connectivity index is 1.43. The fourth-order valence-corrected chi connectivity index (χ4v) is 2.47. The van der Waals surface area contributed by atoms with Crippen molar-refractivity contribution in [2.75, 3.05) is 42.7 Å². The summed E-state index contributed by atoms with van der Waals surface area (Å²) in [6.45, 7) is 1.02. The third kappa shape index (κ3) is 5.41. The minimum atomic E-state index is -0.103. The van der Waals surface area contributed by atoms with E-state index in [9.17, 15) is 4.79 Å². The normalized spacial score (nSPS) is 10.2. The Morgan fingerprint density at radius 2 is 1.71 bits per heavy atom. The smallest absolute Gasteiger partial charge is 0.251 e. The monoisotopic (exact) mass is 377 g/mol. The minimum Gasteiger partial charge on any atom is -0.378 e. The second kappa shape index (κ2) is 9.31. The van der Waals surface area contributed by atoms with E-state index in [0.717, 1.165) is 11.4 Å². The summed E-state index contributed by atoms with van der Waals surface area (Å²) in [4.78, 5) is 18.2. The number of hydrogen-bond donors (Lipinski definition) is 3. The molecule has 0 spiro atoms. The molecule has 1 amide bonds. The number of carbonyl (C=O) groups is 1. The molecule has 8 nitrogen and oxygen atoms in total. The minimum absolute atomic E-state index is 0.103. The number of anilines is 4. The highest BCUT2D eigenvalue weighted by molar-refractivity contribution is 5.95. The van der Waals surface area contributed by atoms with Crippen molar-refractivity contribution in [2.24, 2.45) is 0 Å². The van der Waals surface area contributed by atoms with Crippen LogP contribution in [0.25, 0.3) is 0 Å². The predicted molar refractivity (Wildman–Crippen MR) is 111 cm³/mol. The summed E-state index contributed by atoms with van der Waals surface area (Å²) in [5.41, 5.74) is 2.52. The Morgan fingerprint density at radius 3 is 2.43 bits per heavy atom. The van der Waals surface area contributed by atoms with Gasteiger partial charge in [-0.15, -0.1) is 10.2 Å². The molecular weight excluding hydrogens is 354 g/mol. The standard InChI is InChI=1S/C20H23N7O/c1-27(2)17-5-3-4-15(14-17)20(28)23-13-12-22-18-6-7-19(26-25-18)24-16-8-10-21-11-9-16/h3-11,14H,12-13H2,1-2H3,(H,22,25)(H,23,28)(H,21,24,26). The van der Waals surface area contributed by atoms with Gasteiger partial charge in [-0.25, -0.2) is 0 Å². The van der Waals surface area contributed by atoms with E-state index in [1.807, 2.05) is 61.5 Å². The highest BCUT2D eigenvalue weighted by Gasteiger charge is 2.06. The van der Waals surface area contributed by atoms with Gasteiger partial charge in [0.05, 0.1) is 0 Å². The van der Waals surface area contributed by atoms with Gasteiger partial charge in [0.1, 0.15) is 5.82 Å². The van der Waals surface area contributed by atoms with Gasteiger partial charge in [-0.1, -0.05) is 6.07 Å². The fourth-order valence-electron chi connectivity index (χ4n) is 2.47. The molecular formula is C20H23N7O. The van der Waals surface area contributed by atoms with E-state index in [-0.39, 0.29) is 5.91 Å². The van der Waals surface area contributed by atoms with Gasteiger partial charge in [-0.3, -0.25) is 9.78 Å². The van der Waals surface area contributed by atoms with Crippen LogP contribution in [-0.2, 0) is 0 Å². The number of benzene rings is 1. The zero-order valence-electron chi connectivity index (χ0n) is 15.9. The Morgan fingerprint density at radius 1 is 0.964 bits per heavy atom. The largest absolute Gasteiger partial charge is 0.378 e. The quantitative estimate of drug-likeness (QED) is 0.519. The van der Waals surface area contributed by atoms with Crippen LogP contribution >= 0.6 is 0 Å². The van der Waals surface area contributed by atoms with Crippen LogP contribution in [0, 0.1) is 0 Å². The maximum absolute atomic E-state index is 12.3. The molecule has 2 aromatic heterocycles. The first kappa shape index (κ1) is 19.1. The highest BCUT2D eigenvalue weighted by Crippen LogP contribution is 2.14. The summed E-state index contributed by atoms with van der Waals surface area (Å²) in [7, 11) is 3.89. The van der Waals surface area contributed by atoms with Crippen molar-refractivity contribution in [3.8, 4) is 0 Å². The van der Waals surface area contributed by atoms with E-state index in [4.69, 9.17) is 0 Å². The molecule has 144 valence electrons. The van der Waals surface area contributed by atoms with E-state index >= 15 is 0 Å². The van der Waals surface area contributed by atoms with Crippen molar-refractivity contribution in [3.63, 3.8) is 0 Å². The summed E-state index contributed by atoms with van der Waals surface area (Å²) < 4.78 is 0. The number of carbonyl (C=O) groups excluding carboxylic acids is 1. The molecule has 0 bridgehead atoms. The van der Waals surface area contributed by atoms with Crippen LogP contribution in [0.5, 0.6) is 0 Å². The van der Waals surface area contributed by atoms with Crippen LogP contribution in [0.4, 0.5) is 23.0 Å². The highest BCUT2D eigenvalue weighted by atomic mass is 16.1. The van der Waals surface area contributed by atoms with Gasteiger partial charge in [-0.2, -0.15) is 0 Å². The van der Waals surface area contributed by atoms with Crippen molar-refractivity contribution < 1.29 is 4.79 Å². The lowest BCUT2D eigenvalue weighted by atomic mass is 10.2. The van der Waals surface area contributed by atoms with Gasteiger partial charge in [0.2, 0.25) is 0 Å². The van der Waals surface area contributed by atoms with Crippen molar-refractivity contribution in [1.29, 1.82) is 0 Å². The molecule has 8 heteroatoms. The van der Waals surface area contributed by atoms with Gasteiger partial charge in [0.15, 0.2) is 5.82 Å². The average Bonchev–Trinajstić information content (AvgIpc) is 2.73. The van der Waals surface area contributed by atoms with Crippen LogP contribution in [0.3, 0.4) is 0 Å². The molecule has 1 aromatic carbocycles. The van der Waals surface area contributed by atoms with E-state index in [1.54, 1.807) is 18.5 Å². The number of amides is 1. The molecule has 0 radical (unpaired) electrons. The van der Waals surface area contributed by atoms with Crippen molar-refractivity contribution in [2.45, 2.75) is 0 Å². The maximum atomic E-state index is 12.3. The summed E-state index contributed by atoms with van der Waals surface area (Å²) >= 11 is 0. The van der Waals surface area contributed by atoms with Gasteiger partial charge in [0.25, 0.3) is 5.91 Å². The summed E-state index contributed by atoms with van der Waals surface area (Å²) in [6, 6.07) is 14.9. The number of nitrogens with zero attached hydrogens (tertiary/aromatic N) is 4. The molecule has 0 fully saturated rings. The first-order chi connectivity index (χ1) is 13.6. The zero-order valence-corrected chi connectivity index (χ0v) is 15.9. The zero-order chi connectivity index (χ0) is 19.8. The Kier molecular flexibility index (Phi) is 6.35. The molecule has 28 heavy (non-hydrogen) atoms. The molecule has 2 heterocycles. The third-order valence-electron chi connectivity index (χ3n) is 3.96. The Hall–Kier alpha value is -3.68. The number of nitrogens with one attached hydrogen (secondary N) is 3. The molecule has 0 aliphatic rings. The molecule has 0 atom stereocenters. The third-order valence-corrected chi connectivity index (χ3v) is 3.96. The van der Waals surface area contributed by atoms with Crippen LogP contribution in [0.15, 0.2) is 60.9 Å². The molecule has 0 saturated carbocycles. The van der Waals surface area contributed by atoms with E-state index in [2.05, 4.69) is 31.1 Å². The second-order valence-corrected chi connectivity index (χ2v) is 6.29. The van der Waals surface area contributed by atoms with Gasteiger partial charge < -0.3 is 20.9 Å². The van der Waals surface area contributed by atoms with Crippen molar-refractivity contribution >= 4 is 28.9 Å². The lowest BCUT2D eigenvalue weighted by Gasteiger charge is -2.13. The molecule has 0 aliphatic heterocycles. The van der Waals surface area contributed by atoms with E-state index < -0.39 is 0 Å². The summed E-state index contributed by atoms with van der Waals surface area (Å²) in [5.74, 6) is 1.18. The molecule has 3 aromatic rings. The fraction of sp³-hybridized carbons (Fsp3) is 0.200. The molecule has 3 N–H and O–H groups in total. The molecule has 0 aliphatic carbocycles. The SMILES string of the molecule is CN(C)c1cccc(C(=O)NCCNc2ccc(Nc3ccncc3)nn2)c1. The molecule has 3 rings (SSSR count). The summed E-state index contributed by atoms with van der Waals surface area (Å²) in [5, 5.41) is 17.4. The van der Waals surface area contributed by atoms with Crippen LogP contribution in [-0.4, -0.2) is 48.3 Å². The molecule has 0 unspecified atom stereocenters. The number of aromatic nitrogens is 3. The lowest BCUT2D eigenvalue weighted by molar-refractivity contribution is 0.0955. The number of rotatable bonds is 8. The van der Waals surface area contributed by atoms with E-state index in [0.29, 0.717) is 30.3 Å². The van der Waals surface area contributed by atoms with E-state index in [1.165, 1.54) is 0 Å². The van der Waals surface area contributed by atoms with Gasteiger partial charge in [-0.05, 0) is 42.5 Å². The van der Waals surface area contributed by atoms with Gasteiger partial charge >= 0.3 is 0 Å². The van der Waals surface area contributed by atoms with Gasteiger partial charge in [0, 0.05) is 56.5 Å². The van der Waals surface area contributed by atoms with Crippen LogP contribution in [0.2, 0.25) is 0 Å². The Bertz CT molecular complexity index is 898. The summed E-state index contributed by atoms with van der Waals surface area (Å²) in [6.07, 6.45) is 3.41. The first-order valence-corrected chi connectivity index (χ1v) is 8.92.